The summed E-state index contributed by atoms with van der Waals surface area (Å²) in [6.45, 7) is 8.04. The number of unbranched alkanes of at least 4 members (excludes halogenated alkanes) is 8. The van der Waals surface area contributed by atoms with Gasteiger partial charge in [0.05, 0.1) is 5.60 Å². The van der Waals surface area contributed by atoms with E-state index in [0.717, 1.165) is 6.42 Å². The third kappa shape index (κ3) is 12.3. The average Bonchev–Trinajstić information content (AvgIpc) is 2.36. The number of hydrogen-bond acceptors (Lipinski definition) is 3. The molecule has 0 aliphatic rings. The van der Waals surface area contributed by atoms with Crippen LogP contribution in [-0.2, 0) is 4.74 Å². The maximum absolute atomic E-state index is 10.3. The molecule has 0 saturated heterocycles. The number of nitrogens with zero attached hydrogens (tertiary/aromatic N) is 1. The Labute approximate surface area is 119 Å². The first kappa shape index (κ1) is 18.6. The van der Waals surface area contributed by atoms with Crippen LogP contribution in [0.5, 0.6) is 0 Å². The number of hydrogen-bond donors (Lipinski definition) is 0. The first-order chi connectivity index (χ1) is 9.02. The van der Waals surface area contributed by atoms with Crippen molar-refractivity contribution in [1.82, 2.24) is 0 Å². The van der Waals surface area contributed by atoms with Crippen LogP contribution < -0.4 is 0 Å². The van der Waals surface area contributed by atoms with Crippen molar-refractivity contribution in [2.45, 2.75) is 104 Å². The van der Waals surface area contributed by atoms with Crippen LogP contribution in [0, 0.1) is 4.91 Å². The third-order valence-electron chi connectivity index (χ3n) is 3.52. The van der Waals surface area contributed by atoms with Gasteiger partial charge in [0.25, 0.3) is 0 Å². The molecule has 0 fully saturated rings. The largest absolute Gasteiger partial charge is 0.347 e. The molecule has 0 aliphatic carbocycles. The minimum Gasteiger partial charge on any atom is -0.347 e. The Morgan fingerprint density at radius 2 is 1.42 bits per heavy atom. The van der Waals surface area contributed by atoms with E-state index in [1.165, 1.54) is 57.8 Å². The van der Waals surface area contributed by atoms with E-state index in [1.54, 1.807) is 6.92 Å². The molecule has 0 aliphatic heterocycles. The lowest BCUT2D eigenvalue weighted by atomic mass is 9.99. The van der Waals surface area contributed by atoms with E-state index >= 15 is 0 Å². The predicted molar refractivity (Wildman–Crippen MR) is 82.3 cm³/mol. The summed E-state index contributed by atoms with van der Waals surface area (Å²) in [6.07, 6.45) is 12.5. The molecular weight excluding hydrogens is 238 g/mol. The van der Waals surface area contributed by atoms with Gasteiger partial charge in [-0.25, -0.2) is 0 Å². The second-order valence-electron chi connectivity index (χ2n) is 6.16. The number of nitroso groups, excluding NO2 is 1. The summed E-state index contributed by atoms with van der Waals surface area (Å²) in [4.78, 5) is 10.3. The molecule has 0 aromatic rings. The van der Waals surface area contributed by atoms with E-state index in [1.807, 2.05) is 13.8 Å². The van der Waals surface area contributed by atoms with E-state index in [0.29, 0.717) is 0 Å². The Balaban J connectivity index is 3.40. The predicted octanol–water partition coefficient (Wildman–Crippen LogP) is 5.81. The monoisotopic (exact) mass is 271 g/mol. The summed E-state index contributed by atoms with van der Waals surface area (Å²) >= 11 is 0. The molecule has 19 heavy (non-hydrogen) atoms. The SMILES string of the molecule is CCCCCCCCCCCC(C)(C)OC(C)N=O. The van der Waals surface area contributed by atoms with Gasteiger partial charge in [-0.2, -0.15) is 0 Å². The second-order valence-corrected chi connectivity index (χ2v) is 6.16. The third-order valence-corrected chi connectivity index (χ3v) is 3.52. The van der Waals surface area contributed by atoms with Crippen molar-refractivity contribution in [3.8, 4) is 0 Å². The first-order valence-corrected chi connectivity index (χ1v) is 8.02. The summed E-state index contributed by atoms with van der Waals surface area (Å²) in [5.74, 6) is 0. The molecule has 3 heteroatoms. The lowest BCUT2D eigenvalue weighted by Gasteiger charge is -2.26. The molecule has 3 nitrogen and oxygen atoms in total. The molecule has 0 spiro atoms. The van der Waals surface area contributed by atoms with Gasteiger partial charge in [0.15, 0.2) is 6.23 Å². The van der Waals surface area contributed by atoms with E-state index in [9.17, 15) is 4.91 Å². The summed E-state index contributed by atoms with van der Waals surface area (Å²) < 4.78 is 5.58. The number of ether oxygens (including phenoxy) is 1. The van der Waals surface area contributed by atoms with Crippen LogP contribution in [0.15, 0.2) is 5.18 Å². The maximum Gasteiger partial charge on any atom is 0.187 e. The van der Waals surface area contributed by atoms with Gasteiger partial charge in [0, 0.05) is 0 Å². The quantitative estimate of drug-likeness (QED) is 0.313. The fourth-order valence-corrected chi connectivity index (χ4v) is 2.40. The van der Waals surface area contributed by atoms with Crippen LogP contribution in [0.1, 0.15) is 91.9 Å². The van der Waals surface area contributed by atoms with Gasteiger partial charge in [0.2, 0.25) is 0 Å². The molecular formula is C16H33NO2. The highest BCUT2D eigenvalue weighted by Crippen LogP contribution is 2.21. The highest BCUT2D eigenvalue weighted by atomic mass is 16.5. The van der Waals surface area contributed by atoms with Crippen LogP contribution >= 0.6 is 0 Å². The van der Waals surface area contributed by atoms with Gasteiger partial charge in [-0.3, -0.25) is 0 Å². The normalized spacial score (nSPS) is 13.5. The van der Waals surface area contributed by atoms with Crippen LogP contribution in [0.2, 0.25) is 0 Å². The Bertz CT molecular complexity index is 217. The zero-order valence-electron chi connectivity index (χ0n) is 13.4. The van der Waals surface area contributed by atoms with E-state index in [-0.39, 0.29) is 5.60 Å². The molecule has 114 valence electrons. The Kier molecular flexibility index (Phi) is 11.1. The Morgan fingerprint density at radius 1 is 0.947 bits per heavy atom. The van der Waals surface area contributed by atoms with Crippen molar-refractivity contribution < 1.29 is 4.74 Å². The Hall–Kier alpha value is -0.440. The second kappa shape index (κ2) is 11.4. The molecule has 0 N–H and O–H groups in total. The summed E-state index contributed by atoms with van der Waals surface area (Å²) in [5, 5.41) is 2.89. The topological polar surface area (TPSA) is 38.7 Å². The maximum atomic E-state index is 10.3. The van der Waals surface area contributed by atoms with E-state index in [2.05, 4.69) is 12.1 Å². The average molecular weight is 271 g/mol. The van der Waals surface area contributed by atoms with Crippen molar-refractivity contribution in [2.24, 2.45) is 5.18 Å². The fraction of sp³-hybridized carbons (Fsp3) is 1.00. The molecule has 1 atom stereocenters. The highest BCUT2D eigenvalue weighted by Gasteiger charge is 2.21. The summed E-state index contributed by atoms with van der Waals surface area (Å²) in [6, 6.07) is 0. The van der Waals surface area contributed by atoms with E-state index in [4.69, 9.17) is 4.74 Å². The van der Waals surface area contributed by atoms with Gasteiger partial charge in [0.1, 0.15) is 0 Å². The van der Waals surface area contributed by atoms with Crippen LogP contribution in [0.4, 0.5) is 0 Å². The summed E-state index contributed by atoms with van der Waals surface area (Å²) in [5.41, 5.74) is -0.228. The van der Waals surface area contributed by atoms with Crippen LogP contribution in [0.25, 0.3) is 0 Å². The highest BCUT2D eigenvalue weighted by molar-refractivity contribution is 4.70. The molecule has 0 heterocycles. The smallest absolute Gasteiger partial charge is 0.187 e. The van der Waals surface area contributed by atoms with Crippen molar-refractivity contribution in [1.29, 1.82) is 0 Å². The molecule has 0 aromatic carbocycles. The van der Waals surface area contributed by atoms with Gasteiger partial charge in [-0.15, -0.1) is 4.91 Å². The van der Waals surface area contributed by atoms with Gasteiger partial charge in [-0.05, 0) is 32.4 Å². The molecule has 0 bridgehead atoms. The Morgan fingerprint density at radius 3 is 1.89 bits per heavy atom. The zero-order valence-corrected chi connectivity index (χ0v) is 13.4. The lowest BCUT2D eigenvalue weighted by molar-refractivity contribution is -0.0660. The molecule has 0 rings (SSSR count). The van der Waals surface area contributed by atoms with Crippen molar-refractivity contribution in [3.63, 3.8) is 0 Å². The molecule has 0 radical (unpaired) electrons. The minimum atomic E-state index is -0.534. The molecule has 0 saturated carbocycles. The van der Waals surface area contributed by atoms with Crippen molar-refractivity contribution in [3.05, 3.63) is 4.91 Å². The first-order valence-electron chi connectivity index (χ1n) is 8.02. The van der Waals surface area contributed by atoms with Gasteiger partial charge < -0.3 is 4.74 Å². The standard InChI is InChI=1S/C16H33NO2/c1-5-6-7-8-9-10-11-12-13-14-16(3,4)19-15(2)17-18/h15H,5-14H2,1-4H3. The van der Waals surface area contributed by atoms with Crippen LogP contribution in [-0.4, -0.2) is 11.8 Å². The van der Waals surface area contributed by atoms with Crippen molar-refractivity contribution >= 4 is 0 Å². The molecule has 0 amide bonds. The molecule has 1 unspecified atom stereocenters. The minimum absolute atomic E-state index is 0.228. The number of rotatable bonds is 13. The van der Waals surface area contributed by atoms with Crippen LogP contribution in [0.3, 0.4) is 0 Å². The van der Waals surface area contributed by atoms with Gasteiger partial charge in [-0.1, -0.05) is 64.7 Å². The van der Waals surface area contributed by atoms with E-state index < -0.39 is 6.23 Å². The zero-order chi connectivity index (χ0) is 14.6. The summed E-state index contributed by atoms with van der Waals surface area (Å²) in [7, 11) is 0. The lowest BCUT2D eigenvalue weighted by Crippen LogP contribution is -2.28. The van der Waals surface area contributed by atoms with Gasteiger partial charge >= 0.3 is 0 Å². The molecule has 0 aromatic heterocycles. The van der Waals surface area contributed by atoms with Crippen molar-refractivity contribution in [2.75, 3.05) is 0 Å². The fourth-order valence-electron chi connectivity index (χ4n) is 2.40.